The van der Waals surface area contributed by atoms with Crippen LogP contribution in [0.3, 0.4) is 0 Å². The second-order valence-electron chi connectivity index (χ2n) is 10.1. The molecular formula is C27H28N4O7. The van der Waals surface area contributed by atoms with Gasteiger partial charge in [0.2, 0.25) is 12.7 Å². The molecular weight excluding hydrogens is 492 g/mol. The van der Waals surface area contributed by atoms with Gasteiger partial charge in [0.1, 0.15) is 6.61 Å². The van der Waals surface area contributed by atoms with Gasteiger partial charge in [-0.1, -0.05) is 6.92 Å². The van der Waals surface area contributed by atoms with E-state index >= 15 is 0 Å². The fourth-order valence-corrected chi connectivity index (χ4v) is 5.58. The molecule has 11 heteroatoms. The molecule has 0 spiro atoms. The summed E-state index contributed by atoms with van der Waals surface area (Å²) in [5.41, 5.74) is 7.20. The number of esters is 1. The lowest BCUT2D eigenvalue weighted by Gasteiger charge is -2.31. The molecule has 0 saturated carbocycles. The van der Waals surface area contributed by atoms with E-state index in [0.717, 1.165) is 16.5 Å². The predicted molar refractivity (Wildman–Crippen MR) is 135 cm³/mol. The van der Waals surface area contributed by atoms with Gasteiger partial charge in [-0.25, -0.2) is 9.78 Å². The van der Waals surface area contributed by atoms with Crippen LogP contribution in [0.2, 0.25) is 0 Å². The van der Waals surface area contributed by atoms with Crippen LogP contribution in [0.5, 0.6) is 11.5 Å². The minimum atomic E-state index is -1.92. The summed E-state index contributed by atoms with van der Waals surface area (Å²) in [4.78, 5) is 45.5. The minimum absolute atomic E-state index is 0.0546. The van der Waals surface area contributed by atoms with E-state index in [4.69, 9.17) is 24.9 Å². The number of ether oxygens (including phenoxy) is 3. The Balaban J connectivity index is 1.62. The van der Waals surface area contributed by atoms with Crippen molar-refractivity contribution in [3.05, 3.63) is 50.8 Å². The molecule has 0 aliphatic carbocycles. The van der Waals surface area contributed by atoms with E-state index in [-0.39, 0.29) is 68.1 Å². The third-order valence-electron chi connectivity index (χ3n) is 7.75. The number of carbonyl (C=O) groups is 2. The Morgan fingerprint density at radius 2 is 1.92 bits per heavy atom. The number of benzene rings is 1. The number of hydrogen-bond donors (Lipinski definition) is 2. The van der Waals surface area contributed by atoms with E-state index in [2.05, 4.69) is 0 Å². The van der Waals surface area contributed by atoms with Crippen LogP contribution < -0.4 is 20.8 Å². The quantitative estimate of drug-likeness (QED) is 0.374. The molecule has 11 nitrogen and oxygen atoms in total. The average molecular weight is 521 g/mol. The molecule has 0 saturated heterocycles. The first-order chi connectivity index (χ1) is 18.2. The Hall–Kier alpha value is -3.96. The van der Waals surface area contributed by atoms with E-state index in [9.17, 15) is 19.5 Å². The number of amides is 1. The number of fused-ring (bicyclic) bond motifs is 6. The summed E-state index contributed by atoms with van der Waals surface area (Å²) >= 11 is 0. The standard InChI is InChI=1S/C27H28N4O7/c1-4-27(35)18-6-20-24-16(10-31(20)25(33)17(18)11-36-26(27)34)15(9-30(13(2)3)23(32)8-28)14-5-21-22(38-12-37-21)7-19(14)29-24/h5-7,13,35H,4,8-12,28H2,1-3H3/t27-/m0/s1. The van der Waals surface area contributed by atoms with Gasteiger partial charge < -0.3 is 34.5 Å². The van der Waals surface area contributed by atoms with Gasteiger partial charge in [0.25, 0.3) is 5.56 Å². The lowest BCUT2D eigenvalue weighted by atomic mass is 9.86. The SMILES string of the molecule is CC[C@@]1(O)C(=O)OCc2c1cc1n(c2=O)Cc2c-1nc1cc3c(cc1c2CN(C(=O)CN)C(C)C)OCO3. The van der Waals surface area contributed by atoms with E-state index in [1.165, 1.54) is 0 Å². The highest BCUT2D eigenvalue weighted by atomic mass is 16.7. The van der Waals surface area contributed by atoms with E-state index in [1.807, 2.05) is 19.9 Å². The topological polar surface area (TPSA) is 146 Å². The molecule has 6 rings (SSSR count). The van der Waals surface area contributed by atoms with E-state index < -0.39 is 11.6 Å². The van der Waals surface area contributed by atoms with Gasteiger partial charge in [-0.2, -0.15) is 0 Å². The van der Waals surface area contributed by atoms with Crippen LogP contribution in [-0.4, -0.2) is 50.8 Å². The van der Waals surface area contributed by atoms with Gasteiger partial charge in [-0.15, -0.1) is 0 Å². The van der Waals surface area contributed by atoms with Gasteiger partial charge in [0.15, 0.2) is 17.1 Å². The molecule has 3 aliphatic rings. The van der Waals surface area contributed by atoms with Crippen LogP contribution in [0.25, 0.3) is 22.3 Å². The number of cyclic esters (lactones) is 1. The molecule has 1 amide bonds. The lowest BCUT2D eigenvalue weighted by molar-refractivity contribution is -0.172. The number of nitrogens with two attached hydrogens (primary N) is 1. The predicted octanol–water partition coefficient (Wildman–Crippen LogP) is 1.50. The summed E-state index contributed by atoms with van der Waals surface area (Å²) in [6, 6.07) is 5.18. The Morgan fingerprint density at radius 3 is 2.61 bits per heavy atom. The monoisotopic (exact) mass is 520 g/mol. The summed E-state index contributed by atoms with van der Waals surface area (Å²) in [5.74, 6) is 0.154. The number of hydrogen-bond acceptors (Lipinski definition) is 9. The first-order valence-corrected chi connectivity index (χ1v) is 12.6. The van der Waals surface area contributed by atoms with Crippen molar-refractivity contribution in [3.8, 4) is 22.9 Å². The molecule has 38 heavy (non-hydrogen) atoms. The third kappa shape index (κ3) is 3.35. The molecule has 3 aliphatic heterocycles. The molecule has 2 aromatic heterocycles. The largest absolute Gasteiger partial charge is 0.458 e. The van der Waals surface area contributed by atoms with Crippen LogP contribution in [0.4, 0.5) is 0 Å². The number of aliphatic hydroxyl groups is 1. The second kappa shape index (κ2) is 8.53. The smallest absolute Gasteiger partial charge is 0.343 e. The van der Waals surface area contributed by atoms with Crippen molar-refractivity contribution in [1.82, 2.24) is 14.5 Å². The Bertz CT molecular complexity index is 1600. The summed E-state index contributed by atoms with van der Waals surface area (Å²) in [6.45, 7) is 5.72. The third-order valence-corrected chi connectivity index (χ3v) is 7.75. The molecule has 5 heterocycles. The number of carbonyl (C=O) groups excluding carboxylic acids is 2. The molecule has 0 unspecified atom stereocenters. The van der Waals surface area contributed by atoms with Crippen molar-refractivity contribution in [1.29, 1.82) is 0 Å². The summed E-state index contributed by atoms with van der Waals surface area (Å²) in [6.07, 6.45) is 0.0546. The van der Waals surface area contributed by atoms with Crippen LogP contribution in [-0.2, 0) is 39.6 Å². The fraction of sp³-hybridized carbons (Fsp3) is 0.407. The summed E-state index contributed by atoms with van der Waals surface area (Å²) in [7, 11) is 0. The zero-order valence-electron chi connectivity index (χ0n) is 21.4. The lowest BCUT2D eigenvalue weighted by Crippen LogP contribution is -2.44. The molecule has 0 fully saturated rings. The highest BCUT2D eigenvalue weighted by Gasteiger charge is 2.45. The molecule has 198 valence electrons. The molecule has 0 bridgehead atoms. The maximum atomic E-state index is 13.6. The average Bonchev–Trinajstić information content (AvgIpc) is 3.51. The maximum absolute atomic E-state index is 13.6. The molecule has 0 radical (unpaired) electrons. The number of pyridine rings is 2. The van der Waals surface area contributed by atoms with Crippen molar-refractivity contribution < 1.29 is 28.9 Å². The van der Waals surface area contributed by atoms with Crippen molar-refractivity contribution in [2.24, 2.45) is 5.73 Å². The van der Waals surface area contributed by atoms with Crippen molar-refractivity contribution in [3.63, 3.8) is 0 Å². The zero-order valence-corrected chi connectivity index (χ0v) is 21.4. The molecule has 1 aromatic carbocycles. The first kappa shape index (κ1) is 24.4. The van der Waals surface area contributed by atoms with Crippen LogP contribution in [0.1, 0.15) is 49.4 Å². The second-order valence-corrected chi connectivity index (χ2v) is 10.1. The van der Waals surface area contributed by atoms with Crippen LogP contribution >= 0.6 is 0 Å². The van der Waals surface area contributed by atoms with E-state index in [1.54, 1.807) is 28.5 Å². The number of aromatic nitrogens is 2. The maximum Gasteiger partial charge on any atom is 0.343 e. The normalized spacial score (nSPS) is 18.8. The van der Waals surface area contributed by atoms with Gasteiger partial charge in [-0.3, -0.25) is 9.59 Å². The van der Waals surface area contributed by atoms with Gasteiger partial charge in [-0.05, 0) is 38.0 Å². The number of rotatable bonds is 5. The Morgan fingerprint density at radius 1 is 1.18 bits per heavy atom. The summed E-state index contributed by atoms with van der Waals surface area (Å²) < 4.78 is 17.9. The first-order valence-electron chi connectivity index (χ1n) is 12.6. The zero-order chi connectivity index (χ0) is 26.9. The number of nitrogens with zero attached hydrogens (tertiary/aromatic N) is 3. The Kier molecular flexibility index (Phi) is 5.48. The van der Waals surface area contributed by atoms with Crippen molar-refractivity contribution >= 4 is 22.8 Å². The van der Waals surface area contributed by atoms with Gasteiger partial charge >= 0.3 is 5.97 Å². The fourth-order valence-electron chi connectivity index (χ4n) is 5.58. The molecule has 3 N–H and O–H groups in total. The van der Waals surface area contributed by atoms with Crippen molar-refractivity contribution in [2.45, 2.75) is 58.5 Å². The van der Waals surface area contributed by atoms with Crippen LogP contribution in [0, 0.1) is 0 Å². The minimum Gasteiger partial charge on any atom is -0.458 e. The van der Waals surface area contributed by atoms with Gasteiger partial charge in [0, 0.05) is 35.2 Å². The van der Waals surface area contributed by atoms with Crippen molar-refractivity contribution in [2.75, 3.05) is 13.3 Å². The highest BCUT2D eigenvalue weighted by Crippen LogP contribution is 2.43. The Labute approximate surface area is 217 Å². The van der Waals surface area contributed by atoms with Gasteiger partial charge in [0.05, 0.1) is 35.6 Å². The van der Waals surface area contributed by atoms with Crippen LogP contribution in [0.15, 0.2) is 23.0 Å². The molecule has 3 aromatic rings. The van der Waals surface area contributed by atoms with E-state index in [0.29, 0.717) is 28.4 Å². The highest BCUT2D eigenvalue weighted by molar-refractivity contribution is 5.92. The summed E-state index contributed by atoms with van der Waals surface area (Å²) in [5, 5.41) is 12.0. The molecule has 1 atom stereocenters.